The van der Waals surface area contributed by atoms with Crippen molar-refractivity contribution in [1.82, 2.24) is 5.43 Å². The zero-order valence-electron chi connectivity index (χ0n) is 18.4. The van der Waals surface area contributed by atoms with E-state index in [1.54, 1.807) is 31.4 Å². The lowest BCUT2D eigenvalue weighted by atomic mass is 10.2. The van der Waals surface area contributed by atoms with Crippen LogP contribution in [-0.2, 0) is 11.4 Å². The molecule has 0 atom stereocenters. The van der Waals surface area contributed by atoms with Gasteiger partial charge >= 0.3 is 0 Å². The number of carbonyl (C=O) groups excluding carboxylic acids is 1. The molecule has 0 saturated heterocycles. The van der Waals surface area contributed by atoms with E-state index >= 15 is 0 Å². The van der Waals surface area contributed by atoms with E-state index in [4.69, 9.17) is 30.5 Å². The Morgan fingerprint density at radius 3 is 2.33 bits per heavy atom. The molecule has 1 amide bonds. The van der Waals surface area contributed by atoms with Crippen LogP contribution < -0.4 is 24.4 Å². The number of carbonyl (C=O) groups is 1. The maximum atomic E-state index is 12.1. The molecule has 3 rings (SSSR count). The van der Waals surface area contributed by atoms with Gasteiger partial charge in [-0.1, -0.05) is 35.9 Å². The van der Waals surface area contributed by atoms with E-state index in [0.717, 1.165) is 11.1 Å². The molecular weight excluding hydrogens is 444 g/mol. The number of para-hydroxylation sites is 2. The molecule has 0 bridgehead atoms. The molecule has 33 heavy (non-hydrogen) atoms. The molecule has 0 aliphatic rings. The smallest absolute Gasteiger partial charge is 0.277 e. The number of benzene rings is 3. The fraction of sp³-hybridized carbons (Fsp3) is 0.200. The standard InChI is InChI=1S/C25H25ClN2O5/c1-3-31-21-6-4-5-7-22(21)33-17-25(29)28-27-15-19-10-13-23(24(14-19)30-2)32-16-18-8-11-20(26)12-9-18/h4-15H,3,16-17H2,1-2H3,(H,28,29)/b27-15+. The number of nitrogens with zero attached hydrogens (tertiary/aromatic N) is 1. The number of ether oxygens (including phenoxy) is 4. The number of halogens is 1. The average molecular weight is 469 g/mol. The molecule has 0 saturated carbocycles. The first kappa shape index (κ1) is 23.9. The fourth-order valence-corrected chi connectivity index (χ4v) is 2.95. The van der Waals surface area contributed by atoms with E-state index in [-0.39, 0.29) is 6.61 Å². The molecule has 0 aliphatic carbocycles. The van der Waals surface area contributed by atoms with Gasteiger partial charge in [0.2, 0.25) is 0 Å². The van der Waals surface area contributed by atoms with Gasteiger partial charge in [-0.2, -0.15) is 5.10 Å². The van der Waals surface area contributed by atoms with Gasteiger partial charge in [0.1, 0.15) is 6.61 Å². The van der Waals surface area contributed by atoms with Crippen LogP contribution in [0.25, 0.3) is 0 Å². The first-order chi connectivity index (χ1) is 16.1. The second-order valence-electron chi connectivity index (χ2n) is 6.79. The monoisotopic (exact) mass is 468 g/mol. The predicted molar refractivity (Wildman–Crippen MR) is 128 cm³/mol. The number of hydrazone groups is 1. The van der Waals surface area contributed by atoms with Gasteiger partial charge < -0.3 is 18.9 Å². The fourth-order valence-electron chi connectivity index (χ4n) is 2.82. The van der Waals surface area contributed by atoms with Crippen LogP contribution in [0.5, 0.6) is 23.0 Å². The third-order valence-corrected chi connectivity index (χ3v) is 4.66. The van der Waals surface area contributed by atoms with Crippen molar-refractivity contribution in [2.75, 3.05) is 20.3 Å². The van der Waals surface area contributed by atoms with Crippen LogP contribution in [0.2, 0.25) is 5.02 Å². The molecule has 0 heterocycles. The van der Waals surface area contributed by atoms with Gasteiger partial charge in [-0.15, -0.1) is 0 Å². The van der Waals surface area contributed by atoms with Crippen molar-refractivity contribution in [3.05, 3.63) is 82.9 Å². The normalized spacial score (nSPS) is 10.6. The summed E-state index contributed by atoms with van der Waals surface area (Å²) in [4.78, 5) is 12.1. The molecular formula is C25H25ClN2O5. The van der Waals surface area contributed by atoms with Gasteiger partial charge in [0.05, 0.1) is 19.9 Å². The molecule has 0 spiro atoms. The van der Waals surface area contributed by atoms with Crippen LogP contribution >= 0.6 is 11.6 Å². The van der Waals surface area contributed by atoms with E-state index in [2.05, 4.69) is 10.5 Å². The number of nitrogens with one attached hydrogen (secondary N) is 1. The second-order valence-corrected chi connectivity index (χ2v) is 7.22. The minimum Gasteiger partial charge on any atom is -0.493 e. The molecule has 3 aromatic rings. The molecule has 0 aliphatic heterocycles. The Bertz CT molecular complexity index is 1090. The minimum absolute atomic E-state index is 0.192. The van der Waals surface area contributed by atoms with Crippen molar-refractivity contribution >= 4 is 23.7 Å². The van der Waals surface area contributed by atoms with Crippen LogP contribution in [0.1, 0.15) is 18.1 Å². The van der Waals surface area contributed by atoms with Crippen molar-refractivity contribution < 1.29 is 23.7 Å². The Labute approximate surface area is 197 Å². The Morgan fingerprint density at radius 2 is 1.64 bits per heavy atom. The molecule has 8 heteroatoms. The van der Waals surface area contributed by atoms with E-state index in [1.807, 2.05) is 49.4 Å². The van der Waals surface area contributed by atoms with Gasteiger partial charge in [-0.05, 0) is 60.5 Å². The number of rotatable bonds is 11. The topological polar surface area (TPSA) is 78.4 Å². The van der Waals surface area contributed by atoms with Gasteiger partial charge in [-0.3, -0.25) is 4.79 Å². The summed E-state index contributed by atoms with van der Waals surface area (Å²) >= 11 is 5.91. The van der Waals surface area contributed by atoms with E-state index < -0.39 is 5.91 Å². The average Bonchev–Trinajstić information content (AvgIpc) is 2.83. The largest absolute Gasteiger partial charge is 0.493 e. The molecule has 0 fully saturated rings. The molecule has 3 aromatic carbocycles. The third kappa shape index (κ3) is 7.43. The van der Waals surface area contributed by atoms with Crippen molar-refractivity contribution in [2.45, 2.75) is 13.5 Å². The first-order valence-corrected chi connectivity index (χ1v) is 10.7. The number of hydrogen-bond acceptors (Lipinski definition) is 6. The number of methoxy groups -OCH3 is 1. The van der Waals surface area contributed by atoms with Crippen LogP contribution in [-0.4, -0.2) is 32.4 Å². The van der Waals surface area contributed by atoms with Crippen molar-refractivity contribution in [2.24, 2.45) is 5.10 Å². The zero-order valence-corrected chi connectivity index (χ0v) is 19.2. The first-order valence-electron chi connectivity index (χ1n) is 10.3. The molecule has 172 valence electrons. The second kappa shape index (κ2) is 12.4. The van der Waals surface area contributed by atoms with E-state index in [1.165, 1.54) is 6.21 Å². The highest BCUT2D eigenvalue weighted by Gasteiger charge is 2.08. The zero-order chi connectivity index (χ0) is 23.5. The third-order valence-electron chi connectivity index (χ3n) is 4.41. The maximum absolute atomic E-state index is 12.1. The lowest BCUT2D eigenvalue weighted by molar-refractivity contribution is -0.123. The number of hydrogen-bond donors (Lipinski definition) is 1. The van der Waals surface area contributed by atoms with E-state index in [9.17, 15) is 4.79 Å². The highest BCUT2D eigenvalue weighted by Crippen LogP contribution is 2.28. The quantitative estimate of drug-likeness (QED) is 0.321. The summed E-state index contributed by atoms with van der Waals surface area (Å²) < 4.78 is 22.3. The van der Waals surface area contributed by atoms with Crippen LogP contribution in [0, 0.1) is 0 Å². The SMILES string of the molecule is CCOc1ccccc1OCC(=O)N/N=C/c1ccc(OCc2ccc(Cl)cc2)c(OC)c1. The Hall–Kier alpha value is -3.71. The van der Waals surface area contributed by atoms with Crippen molar-refractivity contribution in [3.63, 3.8) is 0 Å². The molecule has 7 nitrogen and oxygen atoms in total. The Kier molecular flexibility index (Phi) is 8.97. The van der Waals surface area contributed by atoms with Gasteiger partial charge in [0, 0.05) is 5.02 Å². The van der Waals surface area contributed by atoms with Gasteiger partial charge in [-0.25, -0.2) is 5.43 Å². The summed E-state index contributed by atoms with van der Waals surface area (Å²) in [6.45, 7) is 2.57. The van der Waals surface area contributed by atoms with Crippen LogP contribution in [0.3, 0.4) is 0 Å². The highest BCUT2D eigenvalue weighted by molar-refractivity contribution is 6.30. The number of amides is 1. The van der Waals surface area contributed by atoms with Gasteiger partial charge in [0.25, 0.3) is 5.91 Å². The minimum atomic E-state index is -0.396. The summed E-state index contributed by atoms with van der Waals surface area (Å²) in [7, 11) is 1.56. The van der Waals surface area contributed by atoms with Crippen LogP contribution in [0.4, 0.5) is 0 Å². The summed E-state index contributed by atoms with van der Waals surface area (Å²) in [5.41, 5.74) is 4.16. The lowest BCUT2D eigenvalue weighted by Crippen LogP contribution is -2.24. The van der Waals surface area contributed by atoms with E-state index in [0.29, 0.717) is 41.2 Å². The summed E-state index contributed by atoms with van der Waals surface area (Å²) in [6, 6.07) is 20.0. The Balaban J connectivity index is 1.52. The summed E-state index contributed by atoms with van der Waals surface area (Å²) in [6.07, 6.45) is 1.51. The predicted octanol–water partition coefficient (Wildman–Crippen LogP) is 4.86. The highest BCUT2D eigenvalue weighted by atomic mass is 35.5. The van der Waals surface area contributed by atoms with Gasteiger partial charge in [0.15, 0.2) is 29.6 Å². The van der Waals surface area contributed by atoms with Crippen molar-refractivity contribution in [3.8, 4) is 23.0 Å². The maximum Gasteiger partial charge on any atom is 0.277 e. The summed E-state index contributed by atoms with van der Waals surface area (Å²) in [5, 5.41) is 4.65. The van der Waals surface area contributed by atoms with Crippen molar-refractivity contribution in [1.29, 1.82) is 0 Å². The molecule has 0 unspecified atom stereocenters. The molecule has 0 radical (unpaired) electrons. The summed E-state index contributed by atoms with van der Waals surface area (Å²) in [5.74, 6) is 1.83. The van der Waals surface area contributed by atoms with Crippen LogP contribution in [0.15, 0.2) is 71.8 Å². The lowest BCUT2D eigenvalue weighted by Gasteiger charge is -2.11. The molecule has 1 N–H and O–H groups in total. The molecule has 0 aromatic heterocycles. The Morgan fingerprint density at radius 1 is 0.939 bits per heavy atom.